The molecule has 0 radical (unpaired) electrons. The number of aromatic carboxylic acids is 1. The van der Waals surface area contributed by atoms with Gasteiger partial charge in [-0.2, -0.15) is 0 Å². The normalized spacial score (nSPS) is 10.5. The molecule has 2 N–H and O–H groups in total. The van der Waals surface area contributed by atoms with E-state index in [1.165, 1.54) is 6.07 Å². The number of amides is 1. The van der Waals surface area contributed by atoms with Gasteiger partial charge in [0.1, 0.15) is 10.6 Å². The minimum atomic E-state index is -1.11. The molecule has 0 unspecified atom stereocenters. The van der Waals surface area contributed by atoms with Crippen molar-refractivity contribution < 1.29 is 23.8 Å². The highest BCUT2D eigenvalue weighted by Gasteiger charge is 2.20. The van der Waals surface area contributed by atoms with Crippen LogP contribution >= 0.6 is 27.3 Å². The first-order valence-electron chi connectivity index (χ1n) is 7.06. The van der Waals surface area contributed by atoms with E-state index in [0.29, 0.717) is 10.4 Å². The molecule has 2 heterocycles. The number of carboxylic acid groups (broad SMARTS) is 1. The minimum Gasteiger partial charge on any atom is -0.497 e. The van der Waals surface area contributed by atoms with Gasteiger partial charge < -0.3 is 19.6 Å². The summed E-state index contributed by atoms with van der Waals surface area (Å²) in [4.78, 5) is 24.5. The van der Waals surface area contributed by atoms with Crippen LogP contribution in [0.15, 0.2) is 51.6 Å². The second-order valence-corrected chi connectivity index (χ2v) is 6.78. The van der Waals surface area contributed by atoms with E-state index >= 15 is 0 Å². The number of benzene rings is 1. The van der Waals surface area contributed by atoms with Crippen molar-refractivity contribution in [3.05, 3.63) is 57.8 Å². The molecule has 1 aromatic carbocycles. The molecule has 3 rings (SSSR count). The molecule has 0 fully saturated rings. The van der Waals surface area contributed by atoms with Gasteiger partial charge in [-0.15, -0.1) is 11.3 Å². The van der Waals surface area contributed by atoms with Gasteiger partial charge in [0.15, 0.2) is 10.4 Å². The topological polar surface area (TPSA) is 88.8 Å². The predicted octanol–water partition coefficient (Wildman–Crippen LogP) is 4.73. The van der Waals surface area contributed by atoms with Crippen molar-refractivity contribution in [2.24, 2.45) is 0 Å². The van der Waals surface area contributed by atoms with Gasteiger partial charge in [-0.25, -0.2) is 4.79 Å². The fraction of sp³-hybridized carbons (Fsp3) is 0.0588. The van der Waals surface area contributed by atoms with Gasteiger partial charge in [0, 0.05) is 4.88 Å². The number of carbonyl (C=O) groups excluding carboxylic acids is 1. The SMILES string of the molecule is COc1ccc(-c2cc(NC(=O)c3ccc(Br)o3)c(C(=O)O)s2)cc1. The number of anilines is 1. The molecule has 2 aromatic heterocycles. The summed E-state index contributed by atoms with van der Waals surface area (Å²) in [6, 6.07) is 11.9. The number of carbonyl (C=O) groups is 2. The summed E-state index contributed by atoms with van der Waals surface area (Å²) >= 11 is 4.20. The first-order chi connectivity index (χ1) is 12.0. The van der Waals surface area contributed by atoms with Crippen molar-refractivity contribution in [2.45, 2.75) is 0 Å². The molecule has 0 saturated carbocycles. The minimum absolute atomic E-state index is 0.0461. The molecule has 0 saturated heterocycles. The van der Waals surface area contributed by atoms with Crippen LogP contribution in [0.3, 0.4) is 0 Å². The zero-order valence-electron chi connectivity index (χ0n) is 12.9. The number of thiophene rings is 1. The third-order valence-corrected chi connectivity index (χ3v) is 4.94. The standard InChI is InChI=1S/C17H12BrNO5S/c1-23-10-4-2-9(3-5-10)13-8-11(15(25-13)17(21)22)19-16(20)12-6-7-14(18)24-12/h2-8H,1H3,(H,19,20)(H,21,22). The third kappa shape index (κ3) is 3.75. The van der Waals surface area contributed by atoms with E-state index in [4.69, 9.17) is 9.15 Å². The Morgan fingerprint density at radius 3 is 2.48 bits per heavy atom. The summed E-state index contributed by atoms with van der Waals surface area (Å²) in [5, 5.41) is 12.0. The lowest BCUT2D eigenvalue weighted by Gasteiger charge is -2.02. The van der Waals surface area contributed by atoms with Gasteiger partial charge in [0.2, 0.25) is 0 Å². The number of methoxy groups -OCH3 is 1. The Hall–Kier alpha value is -2.58. The summed E-state index contributed by atoms with van der Waals surface area (Å²) in [5.74, 6) is -0.843. The highest BCUT2D eigenvalue weighted by molar-refractivity contribution is 9.10. The first-order valence-corrected chi connectivity index (χ1v) is 8.67. The zero-order chi connectivity index (χ0) is 18.0. The first kappa shape index (κ1) is 17.2. The van der Waals surface area contributed by atoms with Crippen LogP contribution in [0.1, 0.15) is 20.2 Å². The van der Waals surface area contributed by atoms with Crippen molar-refractivity contribution in [1.82, 2.24) is 0 Å². The van der Waals surface area contributed by atoms with Crippen LogP contribution in [-0.2, 0) is 0 Å². The molecule has 0 aliphatic heterocycles. The van der Waals surface area contributed by atoms with E-state index in [9.17, 15) is 14.7 Å². The molecule has 1 amide bonds. The fourth-order valence-electron chi connectivity index (χ4n) is 2.16. The third-order valence-electron chi connectivity index (χ3n) is 3.35. The Morgan fingerprint density at radius 1 is 1.20 bits per heavy atom. The van der Waals surface area contributed by atoms with E-state index < -0.39 is 11.9 Å². The van der Waals surface area contributed by atoms with Crippen LogP contribution in [0.25, 0.3) is 10.4 Å². The molecule has 25 heavy (non-hydrogen) atoms. The molecule has 128 valence electrons. The van der Waals surface area contributed by atoms with Gasteiger partial charge >= 0.3 is 5.97 Å². The van der Waals surface area contributed by atoms with Crippen molar-refractivity contribution in [3.8, 4) is 16.2 Å². The summed E-state index contributed by atoms with van der Waals surface area (Å²) in [6.07, 6.45) is 0. The van der Waals surface area contributed by atoms with E-state index in [2.05, 4.69) is 21.2 Å². The number of rotatable bonds is 5. The lowest BCUT2D eigenvalue weighted by atomic mass is 10.2. The Morgan fingerprint density at radius 2 is 1.92 bits per heavy atom. The zero-order valence-corrected chi connectivity index (χ0v) is 15.3. The fourth-order valence-corrected chi connectivity index (χ4v) is 3.42. The monoisotopic (exact) mass is 421 g/mol. The van der Waals surface area contributed by atoms with Crippen molar-refractivity contribution in [2.75, 3.05) is 12.4 Å². The average Bonchev–Trinajstić information content (AvgIpc) is 3.21. The highest BCUT2D eigenvalue weighted by atomic mass is 79.9. The molecule has 0 bridgehead atoms. The largest absolute Gasteiger partial charge is 0.497 e. The predicted molar refractivity (Wildman–Crippen MR) is 97.6 cm³/mol. The molecule has 8 heteroatoms. The smallest absolute Gasteiger partial charge is 0.348 e. The number of nitrogens with one attached hydrogen (secondary N) is 1. The van der Waals surface area contributed by atoms with Gasteiger partial charge in [-0.05, 0) is 64.0 Å². The van der Waals surface area contributed by atoms with Crippen LogP contribution in [0.2, 0.25) is 0 Å². The van der Waals surface area contributed by atoms with Crippen LogP contribution in [0.4, 0.5) is 5.69 Å². The molecular formula is C17H12BrNO5S. The number of halogens is 1. The van der Waals surface area contributed by atoms with Gasteiger partial charge in [-0.3, -0.25) is 4.79 Å². The van der Waals surface area contributed by atoms with Gasteiger partial charge in [0.25, 0.3) is 5.91 Å². The van der Waals surface area contributed by atoms with Crippen molar-refractivity contribution >= 4 is 44.8 Å². The summed E-state index contributed by atoms with van der Waals surface area (Å²) in [6.45, 7) is 0. The maximum Gasteiger partial charge on any atom is 0.348 e. The Kier molecular flexibility index (Phi) is 4.91. The molecule has 6 nitrogen and oxygen atoms in total. The van der Waals surface area contributed by atoms with Crippen molar-refractivity contribution in [3.63, 3.8) is 0 Å². The summed E-state index contributed by atoms with van der Waals surface area (Å²) < 4.78 is 10.7. The molecule has 3 aromatic rings. The summed E-state index contributed by atoms with van der Waals surface area (Å²) in [7, 11) is 1.57. The van der Waals surface area contributed by atoms with Crippen LogP contribution in [0, 0.1) is 0 Å². The number of ether oxygens (including phenoxy) is 1. The van der Waals surface area contributed by atoms with Crippen LogP contribution in [0.5, 0.6) is 5.75 Å². The Labute approximate surface area is 155 Å². The quantitative estimate of drug-likeness (QED) is 0.621. The van der Waals surface area contributed by atoms with E-state index in [0.717, 1.165) is 21.8 Å². The maximum absolute atomic E-state index is 12.2. The molecule has 0 atom stereocenters. The Balaban J connectivity index is 1.91. The highest BCUT2D eigenvalue weighted by Crippen LogP contribution is 2.36. The number of hydrogen-bond acceptors (Lipinski definition) is 5. The number of furan rings is 1. The Bertz CT molecular complexity index is 929. The maximum atomic E-state index is 12.2. The van der Waals surface area contributed by atoms with Gasteiger partial charge in [-0.1, -0.05) is 0 Å². The second-order valence-electron chi connectivity index (χ2n) is 4.94. The summed E-state index contributed by atoms with van der Waals surface area (Å²) in [5.41, 5.74) is 1.05. The van der Waals surface area contributed by atoms with Crippen LogP contribution < -0.4 is 10.1 Å². The lowest BCUT2D eigenvalue weighted by Crippen LogP contribution is -2.12. The van der Waals surface area contributed by atoms with E-state index in [1.54, 1.807) is 31.4 Å². The lowest BCUT2D eigenvalue weighted by molar-refractivity contribution is 0.0703. The number of hydrogen-bond donors (Lipinski definition) is 2. The van der Waals surface area contributed by atoms with Crippen LogP contribution in [-0.4, -0.2) is 24.1 Å². The van der Waals surface area contributed by atoms with Crippen molar-refractivity contribution in [1.29, 1.82) is 0 Å². The molecule has 0 spiro atoms. The number of carboxylic acids is 1. The van der Waals surface area contributed by atoms with E-state index in [-0.39, 0.29) is 16.3 Å². The van der Waals surface area contributed by atoms with Gasteiger partial charge in [0.05, 0.1) is 12.8 Å². The second kappa shape index (κ2) is 7.12. The average molecular weight is 422 g/mol. The molecule has 0 aliphatic rings. The molecular weight excluding hydrogens is 410 g/mol. The van der Waals surface area contributed by atoms with E-state index in [1.807, 2.05) is 12.1 Å². The molecule has 0 aliphatic carbocycles.